The molecule has 0 saturated heterocycles. The number of furan rings is 1. The van der Waals surface area contributed by atoms with E-state index in [1.807, 2.05) is 0 Å². The van der Waals surface area contributed by atoms with Gasteiger partial charge >= 0.3 is 11.9 Å². The summed E-state index contributed by atoms with van der Waals surface area (Å²) in [6.45, 7) is 3.37. The Hall–Kier alpha value is -2.28. The fourth-order valence-corrected chi connectivity index (χ4v) is 1.75. The van der Waals surface area contributed by atoms with Gasteiger partial charge < -0.3 is 19.6 Å². The lowest BCUT2D eigenvalue weighted by Crippen LogP contribution is -2.29. The van der Waals surface area contributed by atoms with E-state index in [1.54, 1.807) is 19.1 Å². The summed E-state index contributed by atoms with van der Waals surface area (Å²) in [5, 5.41) is 0. The zero-order chi connectivity index (χ0) is 14.7. The van der Waals surface area contributed by atoms with E-state index in [-0.39, 0.29) is 19.0 Å². The lowest BCUT2D eigenvalue weighted by Gasteiger charge is -2.11. The number of nitrogens with zero attached hydrogens (tertiary/aromatic N) is 1. The molecule has 2 heterocycles. The first kappa shape index (κ1) is 14.1. The summed E-state index contributed by atoms with van der Waals surface area (Å²) in [4.78, 5) is 23.3. The highest BCUT2D eigenvalue weighted by atomic mass is 16.5. The van der Waals surface area contributed by atoms with Gasteiger partial charge in [0.25, 0.3) is 0 Å². The van der Waals surface area contributed by atoms with E-state index in [2.05, 4.69) is 0 Å². The molecule has 1 unspecified atom stereocenters. The van der Waals surface area contributed by atoms with Gasteiger partial charge in [0.2, 0.25) is 0 Å². The van der Waals surface area contributed by atoms with Crippen molar-refractivity contribution < 1.29 is 23.5 Å². The average molecular weight is 280 g/mol. The zero-order valence-electron chi connectivity index (χ0n) is 11.3. The highest BCUT2D eigenvalue weighted by molar-refractivity contribution is 5.94. The monoisotopic (exact) mass is 280 g/mol. The van der Waals surface area contributed by atoms with Gasteiger partial charge in [-0.3, -0.25) is 9.36 Å². The van der Waals surface area contributed by atoms with Crippen molar-refractivity contribution in [3.63, 3.8) is 0 Å². The minimum Gasteiger partial charge on any atom is -0.463 e. The Kier molecular flexibility index (Phi) is 4.09. The maximum absolute atomic E-state index is 11.9. The molecule has 2 rings (SSSR count). The van der Waals surface area contributed by atoms with Crippen LogP contribution in [0, 0.1) is 0 Å². The van der Waals surface area contributed by atoms with Gasteiger partial charge in [-0.25, -0.2) is 4.79 Å². The number of nitrogens with two attached hydrogens (primary N) is 1. The number of hydrogen-bond acceptors (Lipinski definition) is 6. The second kappa shape index (κ2) is 5.79. The third-order valence-electron chi connectivity index (χ3n) is 2.72. The molecule has 0 bridgehead atoms. The molecule has 0 aliphatic rings. The third-order valence-corrected chi connectivity index (χ3v) is 2.72. The Morgan fingerprint density at radius 2 is 2.20 bits per heavy atom. The van der Waals surface area contributed by atoms with Gasteiger partial charge in [-0.2, -0.15) is 0 Å². The van der Waals surface area contributed by atoms with Crippen molar-refractivity contribution in [3.8, 4) is 0 Å². The first-order chi connectivity index (χ1) is 9.54. The molecule has 0 radical (unpaired) electrons. The second-order valence-electron chi connectivity index (χ2n) is 4.23. The Morgan fingerprint density at radius 3 is 2.85 bits per heavy atom. The number of fused-ring (bicyclic) bond motifs is 1. The van der Waals surface area contributed by atoms with Crippen LogP contribution in [0.15, 0.2) is 22.8 Å². The molecule has 7 nitrogen and oxygen atoms in total. The normalized spacial score (nSPS) is 12.3. The van der Waals surface area contributed by atoms with E-state index in [1.165, 1.54) is 17.8 Å². The predicted molar refractivity (Wildman–Crippen MR) is 69.9 cm³/mol. The molecular formula is C13H16N2O5. The molecule has 2 aromatic rings. The van der Waals surface area contributed by atoms with Crippen LogP contribution in [0.4, 0.5) is 0 Å². The minimum absolute atomic E-state index is 0.127. The van der Waals surface area contributed by atoms with Gasteiger partial charge in [-0.15, -0.1) is 0 Å². The zero-order valence-corrected chi connectivity index (χ0v) is 11.3. The molecule has 0 aliphatic carbocycles. The number of carbonyl (C=O) groups excluding carboxylic acids is 2. The molecule has 2 aromatic heterocycles. The number of carbonyl (C=O) groups is 2. The van der Waals surface area contributed by atoms with Crippen LogP contribution in [0.1, 0.15) is 24.3 Å². The fraction of sp³-hybridized carbons (Fsp3) is 0.385. The number of hydrogen-bond donors (Lipinski definition) is 1. The third kappa shape index (κ3) is 2.67. The van der Waals surface area contributed by atoms with Gasteiger partial charge in [0.05, 0.1) is 18.4 Å². The van der Waals surface area contributed by atoms with Crippen molar-refractivity contribution >= 4 is 23.0 Å². The van der Waals surface area contributed by atoms with E-state index in [9.17, 15) is 9.59 Å². The lowest BCUT2D eigenvalue weighted by molar-refractivity contribution is -0.148. The van der Waals surface area contributed by atoms with Gasteiger partial charge in [-0.1, -0.05) is 0 Å². The Labute approximate surface area is 115 Å². The SMILES string of the molecule is CCOC(=O)c1cc2occc2n1COC(=O)C(C)N. The molecule has 1 atom stereocenters. The van der Waals surface area contributed by atoms with Crippen molar-refractivity contribution in [2.75, 3.05) is 6.61 Å². The standard InChI is InChI=1S/C13H16N2O5/c1-3-18-13(17)10-6-11-9(4-5-19-11)15(10)7-20-12(16)8(2)14/h4-6,8H,3,7,14H2,1-2H3. The Bertz CT molecular complexity index is 626. The van der Waals surface area contributed by atoms with Crippen molar-refractivity contribution in [2.45, 2.75) is 26.6 Å². The van der Waals surface area contributed by atoms with Crippen molar-refractivity contribution in [1.29, 1.82) is 0 Å². The average Bonchev–Trinajstić information content (AvgIpc) is 2.96. The van der Waals surface area contributed by atoms with Gasteiger partial charge in [0.15, 0.2) is 12.3 Å². The van der Waals surface area contributed by atoms with Crippen LogP contribution in [-0.4, -0.2) is 29.2 Å². The molecule has 0 aliphatic heterocycles. The molecule has 0 aromatic carbocycles. The Balaban J connectivity index is 2.28. The minimum atomic E-state index is -0.726. The van der Waals surface area contributed by atoms with Crippen LogP contribution < -0.4 is 5.73 Å². The largest absolute Gasteiger partial charge is 0.463 e. The summed E-state index contributed by atoms with van der Waals surface area (Å²) in [5.74, 6) is -1.05. The highest BCUT2D eigenvalue weighted by Gasteiger charge is 2.19. The van der Waals surface area contributed by atoms with Crippen LogP contribution >= 0.6 is 0 Å². The summed E-state index contributed by atoms with van der Waals surface area (Å²) in [5.41, 5.74) is 6.84. The quantitative estimate of drug-likeness (QED) is 0.828. The maximum atomic E-state index is 11.9. The Morgan fingerprint density at radius 1 is 1.45 bits per heavy atom. The van der Waals surface area contributed by atoms with Crippen LogP contribution in [0.2, 0.25) is 0 Å². The molecular weight excluding hydrogens is 264 g/mol. The summed E-state index contributed by atoms with van der Waals surface area (Å²) in [6.07, 6.45) is 1.49. The fourth-order valence-electron chi connectivity index (χ4n) is 1.75. The summed E-state index contributed by atoms with van der Waals surface area (Å²) in [6, 6.07) is 2.50. The summed E-state index contributed by atoms with van der Waals surface area (Å²) in [7, 11) is 0. The molecule has 7 heteroatoms. The number of esters is 2. The van der Waals surface area contributed by atoms with E-state index >= 15 is 0 Å². The van der Waals surface area contributed by atoms with Crippen LogP contribution in [0.25, 0.3) is 11.1 Å². The van der Waals surface area contributed by atoms with E-state index in [0.29, 0.717) is 11.1 Å². The number of rotatable bonds is 5. The van der Waals surface area contributed by atoms with Crippen LogP contribution in [0.3, 0.4) is 0 Å². The van der Waals surface area contributed by atoms with Gasteiger partial charge in [0, 0.05) is 12.1 Å². The first-order valence-electron chi connectivity index (χ1n) is 6.20. The van der Waals surface area contributed by atoms with Gasteiger partial charge in [-0.05, 0) is 13.8 Å². The number of ether oxygens (including phenoxy) is 2. The topological polar surface area (TPSA) is 96.7 Å². The highest BCUT2D eigenvalue weighted by Crippen LogP contribution is 2.22. The van der Waals surface area contributed by atoms with E-state index < -0.39 is 18.0 Å². The van der Waals surface area contributed by atoms with Crippen molar-refractivity contribution in [1.82, 2.24) is 4.57 Å². The molecule has 0 saturated carbocycles. The lowest BCUT2D eigenvalue weighted by atomic mass is 10.4. The van der Waals surface area contributed by atoms with Crippen molar-refractivity contribution in [3.05, 3.63) is 24.1 Å². The first-order valence-corrected chi connectivity index (χ1v) is 6.20. The van der Waals surface area contributed by atoms with Crippen molar-refractivity contribution in [2.24, 2.45) is 5.73 Å². The second-order valence-corrected chi connectivity index (χ2v) is 4.23. The van der Waals surface area contributed by atoms with Crippen LogP contribution in [0.5, 0.6) is 0 Å². The molecule has 2 N–H and O–H groups in total. The molecule has 0 spiro atoms. The summed E-state index contributed by atoms with van der Waals surface area (Å²) >= 11 is 0. The number of aromatic nitrogens is 1. The molecule has 108 valence electrons. The van der Waals surface area contributed by atoms with Gasteiger partial charge in [0.1, 0.15) is 11.7 Å². The summed E-state index contributed by atoms with van der Waals surface area (Å²) < 4.78 is 16.7. The maximum Gasteiger partial charge on any atom is 0.355 e. The molecule has 0 fully saturated rings. The van der Waals surface area contributed by atoms with Crippen LogP contribution in [-0.2, 0) is 21.0 Å². The van der Waals surface area contributed by atoms with E-state index in [0.717, 1.165) is 0 Å². The van der Waals surface area contributed by atoms with E-state index in [4.69, 9.17) is 19.6 Å². The predicted octanol–water partition coefficient (Wildman–Crippen LogP) is 1.26. The molecule has 20 heavy (non-hydrogen) atoms. The smallest absolute Gasteiger partial charge is 0.355 e. The molecule has 0 amide bonds.